The van der Waals surface area contributed by atoms with Crippen LogP contribution in [0.3, 0.4) is 0 Å². The van der Waals surface area contributed by atoms with Crippen LogP contribution in [0.15, 0.2) is 48.5 Å². The molecule has 1 heterocycles. The molecule has 0 spiro atoms. The molecule has 2 aliphatic rings. The fourth-order valence-electron chi connectivity index (χ4n) is 4.88. The van der Waals surface area contributed by atoms with Crippen molar-refractivity contribution in [2.24, 2.45) is 0 Å². The van der Waals surface area contributed by atoms with E-state index in [9.17, 15) is 19.5 Å². The smallest absolute Gasteiger partial charge is 0.407 e. The summed E-state index contributed by atoms with van der Waals surface area (Å²) >= 11 is 0. The van der Waals surface area contributed by atoms with Crippen LogP contribution in [-0.4, -0.2) is 79.6 Å². The van der Waals surface area contributed by atoms with Gasteiger partial charge < -0.3 is 29.5 Å². The highest BCUT2D eigenvalue weighted by molar-refractivity contribution is 5.90. The average molecular weight is 483 g/mol. The van der Waals surface area contributed by atoms with E-state index in [0.29, 0.717) is 0 Å². The summed E-state index contributed by atoms with van der Waals surface area (Å²) in [4.78, 5) is 39.1. The summed E-state index contributed by atoms with van der Waals surface area (Å²) in [5, 5.41) is 12.3. The number of carboxylic acids is 1. The van der Waals surface area contributed by atoms with Crippen molar-refractivity contribution in [3.8, 4) is 11.1 Å². The molecule has 1 saturated heterocycles. The number of carbonyl (C=O) groups is 3. The lowest BCUT2D eigenvalue weighted by atomic mass is 9.98. The summed E-state index contributed by atoms with van der Waals surface area (Å²) in [7, 11) is 1.49. The maximum absolute atomic E-state index is 13.3. The first-order chi connectivity index (χ1) is 16.9. The topological polar surface area (TPSA) is 114 Å². The number of fused-ring (bicyclic) bond motifs is 3. The maximum atomic E-state index is 13.3. The van der Waals surface area contributed by atoms with Gasteiger partial charge in [0.15, 0.2) is 6.04 Å². The van der Waals surface area contributed by atoms with Gasteiger partial charge in [-0.1, -0.05) is 48.5 Å². The third-order valence-corrected chi connectivity index (χ3v) is 6.57. The minimum absolute atomic E-state index is 0.109. The molecule has 1 fully saturated rings. The Bertz CT molecular complexity index is 1040. The number of benzene rings is 2. The van der Waals surface area contributed by atoms with Crippen LogP contribution in [0.25, 0.3) is 11.1 Å². The molecule has 2 aromatic carbocycles. The zero-order valence-electron chi connectivity index (χ0n) is 19.8. The Hall–Kier alpha value is -3.43. The van der Waals surface area contributed by atoms with E-state index in [0.717, 1.165) is 22.3 Å². The molecular weight excluding hydrogens is 452 g/mol. The highest BCUT2D eigenvalue weighted by Gasteiger charge is 2.40. The SMILES string of the molecule is COCCC(NC(=O)OCC1c2ccccc2-c2ccccc21)C(=O)N1CCOC(C)C1C(=O)O. The number of aliphatic carboxylic acids is 1. The van der Waals surface area contributed by atoms with Gasteiger partial charge in [0.1, 0.15) is 12.6 Å². The van der Waals surface area contributed by atoms with Crippen LogP contribution in [0.4, 0.5) is 4.79 Å². The molecule has 3 atom stereocenters. The molecule has 0 aromatic heterocycles. The van der Waals surface area contributed by atoms with Crippen LogP contribution < -0.4 is 5.32 Å². The van der Waals surface area contributed by atoms with Crippen molar-refractivity contribution >= 4 is 18.0 Å². The van der Waals surface area contributed by atoms with Gasteiger partial charge in [0, 0.05) is 32.6 Å². The second kappa shape index (κ2) is 10.9. The van der Waals surface area contributed by atoms with Crippen LogP contribution in [0, 0.1) is 0 Å². The molecule has 0 radical (unpaired) electrons. The second-order valence-electron chi connectivity index (χ2n) is 8.69. The molecule has 2 aromatic rings. The van der Waals surface area contributed by atoms with Crippen LogP contribution in [-0.2, 0) is 23.8 Å². The number of carboxylic acid groups (broad SMARTS) is 1. The number of nitrogens with one attached hydrogen (secondary N) is 1. The molecule has 3 unspecified atom stereocenters. The molecule has 1 aliphatic heterocycles. The van der Waals surface area contributed by atoms with E-state index >= 15 is 0 Å². The highest BCUT2D eigenvalue weighted by Crippen LogP contribution is 2.44. The fourth-order valence-corrected chi connectivity index (χ4v) is 4.88. The van der Waals surface area contributed by atoms with Gasteiger partial charge in [0.05, 0.1) is 12.7 Å². The summed E-state index contributed by atoms with van der Waals surface area (Å²) in [5.74, 6) is -1.77. The Balaban J connectivity index is 1.45. The number of nitrogens with zero attached hydrogens (tertiary/aromatic N) is 1. The number of hydrogen-bond donors (Lipinski definition) is 2. The molecule has 9 heteroatoms. The number of hydrogen-bond acceptors (Lipinski definition) is 6. The monoisotopic (exact) mass is 482 g/mol. The Labute approximate surface area is 204 Å². The first-order valence-electron chi connectivity index (χ1n) is 11.7. The van der Waals surface area contributed by atoms with Gasteiger partial charge in [-0.2, -0.15) is 0 Å². The lowest BCUT2D eigenvalue weighted by Crippen LogP contribution is -2.61. The molecule has 1 aliphatic carbocycles. The lowest BCUT2D eigenvalue weighted by molar-refractivity contribution is -0.165. The predicted molar refractivity (Wildman–Crippen MR) is 127 cm³/mol. The predicted octanol–water partition coefficient (Wildman–Crippen LogP) is 2.63. The third-order valence-electron chi connectivity index (χ3n) is 6.57. The van der Waals surface area contributed by atoms with Gasteiger partial charge in [-0.05, 0) is 29.2 Å². The summed E-state index contributed by atoms with van der Waals surface area (Å²) in [6, 6.07) is 13.9. The largest absolute Gasteiger partial charge is 0.480 e. The van der Waals surface area contributed by atoms with Crippen molar-refractivity contribution in [3.05, 3.63) is 59.7 Å². The second-order valence-corrected chi connectivity index (χ2v) is 8.69. The van der Waals surface area contributed by atoms with Gasteiger partial charge in [-0.15, -0.1) is 0 Å². The van der Waals surface area contributed by atoms with E-state index in [1.807, 2.05) is 36.4 Å². The van der Waals surface area contributed by atoms with E-state index in [2.05, 4.69) is 17.4 Å². The van der Waals surface area contributed by atoms with Crippen molar-refractivity contribution in [1.82, 2.24) is 10.2 Å². The molecule has 186 valence electrons. The summed E-state index contributed by atoms with van der Waals surface area (Å²) < 4.78 is 16.1. The van der Waals surface area contributed by atoms with E-state index in [1.165, 1.54) is 12.0 Å². The third kappa shape index (κ3) is 5.16. The molecule has 0 bridgehead atoms. The number of methoxy groups -OCH3 is 1. The summed E-state index contributed by atoms with van der Waals surface area (Å²) in [6.45, 7) is 2.27. The molecule has 35 heavy (non-hydrogen) atoms. The number of alkyl carbamates (subject to hydrolysis) is 1. The zero-order chi connectivity index (χ0) is 24.9. The van der Waals surface area contributed by atoms with Crippen molar-refractivity contribution in [2.45, 2.75) is 37.5 Å². The summed E-state index contributed by atoms with van der Waals surface area (Å²) in [5.41, 5.74) is 4.40. The first-order valence-corrected chi connectivity index (χ1v) is 11.7. The Morgan fingerprint density at radius 3 is 2.34 bits per heavy atom. The van der Waals surface area contributed by atoms with Crippen molar-refractivity contribution in [3.63, 3.8) is 0 Å². The van der Waals surface area contributed by atoms with Crippen LogP contribution >= 0.6 is 0 Å². The van der Waals surface area contributed by atoms with Gasteiger partial charge in [0.25, 0.3) is 0 Å². The number of morpholine rings is 1. The lowest BCUT2D eigenvalue weighted by Gasteiger charge is -2.38. The van der Waals surface area contributed by atoms with Gasteiger partial charge >= 0.3 is 12.1 Å². The minimum atomic E-state index is -1.16. The van der Waals surface area contributed by atoms with Crippen molar-refractivity contribution in [2.75, 3.05) is 33.5 Å². The standard InChI is InChI=1S/C26H30N2O7/c1-16-23(25(30)31)28(12-14-34-16)24(29)22(11-13-33-2)27-26(32)35-15-21-19-9-5-3-7-17(19)18-8-4-6-10-20(18)21/h3-10,16,21-23H,11-15H2,1-2H3,(H,27,32)(H,30,31). The average Bonchev–Trinajstić information content (AvgIpc) is 3.18. The van der Waals surface area contributed by atoms with Gasteiger partial charge in [0.2, 0.25) is 5.91 Å². The van der Waals surface area contributed by atoms with Crippen LogP contribution in [0.2, 0.25) is 0 Å². The van der Waals surface area contributed by atoms with Crippen LogP contribution in [0.5, 0.6) is 0 Å². The first kappa shape index (κ1) is 24.7. The molecular formula is C26H30N2O7. The summed E-state index contributed by atoms with van der Waals surface area (Å²) in [6.07, 6.45) is -1.23. The van der Waals surface area contributed by atoms with Gasteiger partial charge in [-0.3, -0.25) is 4.79 Å². The quantitative estimate of drug-likeness (QED) is 0.594. The highest BCUT2D eigenvalue weighted by atomic mass is 16.5. The van der Waals surface area contributed by atoms with E-state index in [4.69, 9.17) is 14.2 Å². The maximum Gasteiger partial charge on any atom is 0.407 e. The molecule has 9 nitrogen and oxygen atoms in total. The Morgan fingerprint density at radius 1 is 1.11 bits per heavy atom. The number of rotatable bonds is 8. The molecule has 2 N–H and O–H groups in total. The van der Waals surface area contributed by atoms with E-state index < -0.39 is 36.2 Å². The zero-order valence-corrected chi connectivity index (χ0v) is 19.8. The van der Waals surface area contributed by atoms with Crippen molar-refractivity contribution in [1.29, 1.82) is 0 Å². The number of amides is 2. The molecule has 2 amide bonds. The Kier molecular flexibility index (Phi) is 7.67. The fraction of sp³-hybridized carbons (Fsp3) is 0.423. The number of ether oxygens (including phenoxy) is 3. The van der Waals surface area contributed by atoms with E-state index in [-0.39, 0.29) is 38.7 Å². The molecule has 4 rings (SSSR count). The van der Waals surface area contributed by atoms with Crippen molar-refractivity contribution < 1.29 is 33.7 Å². The van der Waals surface area contributed by atoms with E-state index in [1.54, 1.807) is 6.92 Å². The normalized spacial score (nSPS) is 20.0. The Morgan fingerprint density at radius 2 is 1.74 bits per heavy atom. The molecule has 0 saturated carbocycles. The minimum Gasteiger partial charge on any atom is -0.480 e. The number of carbonyl (C=O) groups excluding carboxylic acids is 2. The van der Waals surface area contributed by atoms with Crippen LogP contribution in [0.1, 0.15) is 30.4 Å². The van der Waals surface area contributed by atoms with Gasteiger partial charge in [-0.25, -0.2) is 9.59 Å².